The average molecular weight is 250 g/mol. The number of nitrogens with one attached hydrogen (secondary N) is 4. The second kappa shape index (κ2) is 6.09. The molecular weight excluding hydrogens is 232 g/mol. The van der Waals surface area contributed by atoms with Gasteiger partial charge in [-0.05, 0) is 38.5 Å². The Morgan fingerprint density at radius 2 is 1.28 bits per heavy atom. The maximum atomic E-state index is 11.4. The van der Waals surface area contributed by atoms with Gasteiger partial charge in [-0.3, -0.25) is 20.4 Å². The minimum absolute atomic E-state index is 0.700. The van der Waals surface area contributed by atoms with Crippen molar-refractivity contribution in [3.8, 4) is 0 Å². The zero-order chi connectivity index (χ0) is 12.8. The highest BCUT2D eigenvalue weighted by Gasteiger charge is 2.14. The van der Waals surface area contributed by atoms with Gasteiger partial charge in [0.2, 0.25) is 0 Å². The number of hydrogen-bond donors (Lipinski definition) is 4. The summed E-state index contributed by atoms with van der Waals surface area (Å²) in [7, 11) is 0. The van der Waals surface area contributed by atoms with E-state index in [1.807, 2.05) is 12.2 Å². The Morgan fingerprint density at radius 1 is 0.833 bits per heavy atom. The highest BCUT2D eigenvalue weighted by atomic mass is 16.2. The van der Waals surface area contributed by atoms with E-state index < -0.39 is 11.8 Å². The van der Waals surface area contributed by atoms with E-state index in [-0.39, 0.29) is 0 Å². The molecule has 0 heterocycles. The van der Waals surface area contributed by atoms with E-state index in [9.17, 15) is 9.59 Å². The van der Waals surface area contributed by atoms with Crippen molar-refractivity contribution in [2.75, 3.05) is 0 Å². The number of hydrogen-bond acceptors (Lipinski definition) is 4. The molecule has 0 saturated heterocycles. The lowest BCUT2D eigenvalue weighted by atomic mass is 10.3. The zero-order valence-electron chi connectivity index (χ0n) is 10.2. The van der Waals surface area contributed by atoms with Crippen molar-refractivity contribution in [2.24, 2.45) is 0 Å². The minimum Gasteiger partial charge on any atom is -0.303 e. The SMILES string of the molecule is O=C(NNC1=CCCC1)C(=O)NNC1=CCCC1. The summed E-state index contributed by atoms with van der Waals surface area (Å²) in [4.78, 5) is 22.9. The van der Waals surface area contributed by atoms with Crippen molar-refractivity contribution in [2.45, 2.75) is 38.5 Å². The van der Waals surface area contributed by atoms with Gasteiger partial charge < -0.3 is 10.9 Å². The standard InChI is InChI=1S/C12H18N4O2/c17-11(15-13-9-5-1-2-6-9)12(18)16-14-10-7-3-4-8-10/h5,7,13-14H,1-4,6,8H2,(H,15,17)(H,16,18). The number of rotatable bonds is 4. The third-order valence-corrected chi connectivity index (χ3v) is 2.96. The smallest absolute Gasteiger partial charge is 0.303 e. The first-order valence-electron chi connectivity index (χ1n) is 6.26. The van der Waals surface area contributed by atoms with E-state index in [2.05, 4.69) is 21.7 Å². The molecule has 0 fully saturated rings. The van der Waals surface area contributed by atoms with Gasteiger partial charge in [-0.2, -0.15) is 0 Å². The lowest BCUT2D eigenvalue weighted by molar-refractivity contribution is -0.140. The molecule has 2 rings (SSSR count). The molecule has 0 saturated carbocycles. The van der Waals surface area contributed by atoms with Crippen molar-refractivity contribution in [1.29, 1.82) is 0 Å². The number of amides is 2. The predicted molar refractivity (Wildman–Crippen MR) is 66.4 cm³/mol. The molecule has 2 aliphatic rings. The van der Waals surface area contributed by atoms with Crippen LogP contribution in [0.2, 0.25) is 0 Å². The number of carbonyl (C=O) groups excluding carboxylic acids is 2. The Kier molecular flexibility index (Phi) is 4.22. The van der Waals surface area contributed by atoms with Gasteiger partial charge >= 0.3 is 11.8 Å². The molecular formula is C12H18N4O2. The molecule has 2 aliphatic carbocycles. The van der Waals surface area contributed by atoms with Crippen molar-refractivity contribution in [3.05, 3.63) is 23.5 Å². The highest BCUT2D eigenvalue weighted by Crippen LogP contribution is 2.14. The van der Waals surface area contributed by atoms with Crippen molar-refractivity contribution in [1.82, 2.24) is 21.7 Å². The first-order valence-corrected chi connectivity index (χ1v) is 6.26. The van der Waals surface area contributed by atoms with Gasteiger partial charge in [-0.25, -0.2) is 0 Å². The Hall–Kier alpha value is -1.98. The summed E-state index contributed by atoms with van der Waals surface area (Å²) in [5, 5.41) is 0. The van der Waals surface area contributed by atoms with Gasteiger partial charge in [0.15, 0.2) is 0 Å². The third-order valence-electron chi connectivity index (χ3n) is 2.96. The van der Waals surface area contributed by atoms with E-state index in [0.29, 0.717) is 0 Å². The van der Waals surface area contributed by atoms with E-state index in [1.54, 1.807) is 0 Å². The molecule has 0 aliphatic heterocycles. The van der Waals surface area contributed by atoms with Gasteiger partial charge in [0.25, 0.3) is 0 Å². The van der Waals surface area contributed by atoms with Crippen LogP contribution in [-0.4, -0.2) is 11.8 Å². The quantitative estimate of drug-likeness (QED) is 0.429. The van der Waals surface area contributed by atoms with Crippen molar-refractivity contribution >= 4 is 11.8 Å². The zero-order valence-corrected chi connectivity index (χ0v) is 10.2. The van der Waals surface area contributed by atoms with Gasteiger partial charge in [0.1, 0.15) is 0 Å². The second-order valence-corrected chi connectivity index (χ2v) is 4.40. The van der Waals surface area contributed by atoms with E-state index in [0.717, 1.165) is 49.9 Å². The number of hydrazine groups is 2. The molecule has 0 radical (unpaired) electrons. The average Bonchev–Trinajstić information content (AvgIpc) is 3.05. The lowest BCUT2D eigenvalue weighted by Crippen LogP contribution is -2.49. The largest absolute Gasteiger partial charge is 0.329 e. The van der Waals surface area contributed by atoms with Crippen LogP contribution in [0.4, 0.5) is 0 Å². The van der Waals surface area contributed by atoms with Crippen LogP contribution in [0, 0.1) is 0 Å². The fourth-order valence-electron chi connectivity index (χ4n) is 1.96. The molecule has 0 spiro atoms. The first kappa shape index (κ1) is 12.5. The minimum atomic E-state index is -0.700. The molecule has 2 amide bonds. The maximum absolute atomic E-state index is 11.4. The van der Waals surface area contributed by atoms with Gasteiger partial charge in [0.05, 0.1) is 0 Å². The monoisotopic (exact) mass is 250 g/mol. The topological polar surface area (TPSA) is 82.3 Å². The highest BCUT2D eigenvalue weighted by molar-refractivity contribution is 6.34. The molecule has 0 atom stereocenters. The van der Waals surface area contributed by atoms with Crippen molar-refractivity contribution in [3.63, 3.8) is 0 Å². The Balaban J connectivity index is 1.66. The van der Waals surface area contributed by atoms with E-state index in [4.69, 9.17) is 0 Å². The molecule has 4 N–H and O–H groups in total. The first-order chi connectivity index (χ1) is 8.75. The van der Waals surface area contributed by atoms with Gasteiger partial charge in [-0.1, -0.05) is 12.2 Å². The van der Waals surface area contributed by atoms with Crippen LogP contribution in [0.5, 0.6) is 0 Å². The maximum Gasteiger partial charge on any atom is 0.329 e. The van der Waals surface area contributed by atoms with Crippen LogP contribution in [-0.2, 0) is 9.59 Å². The van der Waals surface area contributed by atoms with Crippen LogP contribution >= 0.6 is 0 Å². The molecule has 18 heavy (non-hydrogen) atoms. The summed E-state index contributed by atoms with van der Waals surface area (Å²) in [6.07, 6.45) is 10.0. The third kappa shape index (κ3) is 3.51. The summed E-state index contributed by atoms with van der Waals surface area (Å²) in [6.45, 7) is 0. The fourth-order valence-corrected chi connectivity index (χ4v) is 1.96. The lowest BCUT2D eigenvalue weighted by Gasteiger charge is -2.11. The fraction of sp³-hybridized carbons (Fsp3) is 0.500. The molecule has 0 aromatic rings. The molecule has 6 heteroatoms. The Morgan fingerprint density at radius 3 is 1.61 bits per heavy atom. The Labute approximate surface area is 106 Å². The van der Waals surface area contributed by atoms with E-state index >= 15 is 0 Å². The summed E-state index contributed by atoms with van der Waals surface area (Å²) < 4.78 is 0. The van der Waals surface area contributed by atoms with E-state index in [1.165, 1.54) is 0 Å². The Bertz CT molecular complexity index is 363. The molecule has 0 aromatic heterocycles. The molecule has 0 bridgehead atoms. The van der Waals surface area contributed by atoms with Gasteiger partial charge in [-0.15, -0.1) is 0 Å². The summed E-state index contributed by atoms with van der Waals surface area (Å²) in [5.74, 6) is -1.40. The summed E-state index contributed by atoms with van der Waals surface area (Å²) >= 11 is 0. The van der Waals surface area contributed by atoms with Crippen LogP contribution < -0.4 is 21.7 Å². The predicted octanol–water partition coefficient (Wildman–Crippen LogP) is 0.364. The molecule has 0 unspecified atom stereocenters. The normalized spacial score (nSPS) is 17.8. The second-order valence-electron chi connectivity index (χ2n) is 4.40. The molecule has 0 aromatic carbocycles. The summed E-state index contributed by atoms with van der Waals surface area (Å²) in [5.41, 5.74) is 12.2. The van der Waals surface area contributed by atoms with Crippen molar-refractivity contribution < 1.29 is 9.59 Å². The van der Waals surface area contributed by atoms with Crippen LogP contribution in [0.3, 0.4) is 0 Å². The van der Waals surface area contributed by atoms with Crippen LogP contribution in [0.15, 0.2) is 23.5 Å². The molecule has 6 nitrogen and oxygen atoms in total. The summed E-state index contributed by atoms with van der Waals surface area (Å²) in [6, 6.07) is 0. The van der Waals surface area contributed by atoms with Crippen LogP contribution in [0.25, 0.3) is 0 Å². The van der Waals surface area contributed by atoms with Gasteiger partial charge in [0, 0.05) is 11.4 Å². The van der Waals surface area contributed by atoms with Crippen LogP contribution in [0.1, 0.15) is 38.5 Å². The molecule has 98 valence electrons. The number of carbonyl (C=O) groups is 2. The number of allylic oxidation sites excluding steroid dienone is 4.